The van der Waals surface area contributed by atoms with Crippen LogP contribution >= 0.6 is 11.3 Å². The lowest BCUT2D eigenvalue weighted by Gasteiger charge is -2.37. The molecule has 1 aliphatic rings. The molecule has 0 saturated carbocycles. The topological polar surface area (TPSA) is 40.9 Å². The Morgan fingerprint density at radius 3 is 2.34 bits per heavy atom. The van der Waals surface area contributed by atoms with E-state index in [1.54, 1.807) is 11.3 Å². The van der Waals surface area contributed by atoms with Crippen molar-refractivity contribution < 1.29 is 4.79 Å². The Bertz CT molecular complexity index is 1020. The van der Waals surface area contributed by atoms with Crippen molar-refractivity contribution in [2.45, 2.75) is 41.2 Å². The zero-order valence-electron chi connectivity index (χ0n) is 18.0. The highest BCUT2D eigenvalue weighted by atomic mass is 32.1. The Morgan fingerprint density at radius 2 is 1.72 bits per heavy atom. The third-order valence-electron chi connectivity index (χ3n) is 5.54. The van der Waals surface area contributed by atoms with Crippen molar-refractivity contribution in [1.29, 1.82) is 0 Å². The summed E-state index contributed by atoms with van der Waals surface area (Å²) in [6.45, 7) is 14.5. The predicted octanol–water partition coefficient (Wildman–Crippen LogP) is 4.37. The van der Waals surface area contributed by atoms with Gasteiger partial charge in [0.2, 0.25) is 5.91 Å². The summed E-state index contributed by atoms with van der Waals surface area (Å²) in [5.41, 5.74) is 4.42. The molecule has 1 amide bonds. The molecule has 1 saturated heterocycles. The second-order valence-electron chi connectivity index (χ2n) is 9.09. The van der Waals surface area contributed by atoms with E-state index in [0.717, 1.165) is 43.4 Å². The summed E-state index contributed by atoms with van der Waals surface area (Å²) in [5, 5.41) is 0. The molecule has 1 aliphatic heterocycles. The van der Waals surface area contributed by atoms with Gasteiger partial charge in [-0.25, -0.2) is 4.98 Å². The molecular weight excluding hydrogens is 380 g/mol. The first kappa shape index (κ1) is 20.1. The van der Waals surface area contributed by atoms with Crippen LogP contribution in [0.2, 0.25) is 0 Å². The van der Waals surface area contributed by atoms with Crippen LogP contribution < -0.4 is 0 Å². The summed E-state index contributed by atoms with van der Waals surface area (Å²) >= 11 is 1.73. The quantitative estimate of drug-likeness (QED) is 0.644. The average molecular weight is 411 g/mol. The van der Waals surface area contributed by atoms with Crippen LogP contribution in [0.3, 0.4) is 0 Å². The van der Waals surface area contributed by atoms with Gasteiger partial charge in [-0.1, -0.05) is 50.6 Å². The summed E-state index contributed by atoms with van der Waals surface area (Å²) in [4.78, 5) is 24.3. The molecular formula is C23H30N4OS. The number of carbonyl (C=O) groups is 1. The second-order valence-corrected chi connectivity index (χ2v) is 10.3. The average Bonchev–Trinajstić information content (AvgIpc) is 3.19. The molecule has 0 spiro atoms. The highest BCUT2D eigenvalue weighted by Crippen LogP contribution is 2.30. The number of aromatic nitrogens is 2. The Hall–Kier alpha value is -2.18. The fraction of sp³-hybridized carbons (Fsp3) is 0.478. The van der Waals surface area contributed by atoms with Crippen molar-refractivity contribution in [2.75, 3.05) is 26.2 Å². The molecule has 3 heterocycles. The van der Waals surface area contributed by atoms with Gasteiger partial charge in [-0.15, -0.1) is 11.3 Å². The fourth-order valence-corrected chi connectivity index (χ4v) is 4.73. The van der Waals surface area contributed by atoms with Crippen molar-refractivity contribution in [3.05, 3.63) is 46.6 Å². The Balaban J connectivity index is 1.57. The fourth-order valence-electron chi connectivity index (χ4n) is 3.89. The highest BCUT2D eigenvalue weighted by molar-refractivity contribution is 7.17. The number of aryl methyl sites for hydroxylation is 2. The Labute approximate surface area is 177 Å². The molecule has 154 valence electrons. The van der Waals surface area contributed by atoms with Gasteiger partial charge in [0.1, 0.15) is 0 Å². The summed E-state index contributed by atoms with van der Waals surface area (Å²) in [7, 11) is 0. The van der Waals surface area contributed by atoms with Crippen LogP contribution in [0.25, 0.3) is 16.2 Å². The van der Waals surface area contributed by atoms with Gasteiger partial charge in [-0.3, -0.25) is 14.1 Å². The van der Waals surface area contributed by atoms with Crippen molar-refractivity contribution >= 4 is 22.2 Å². The van der Waals surface area contributed by atoms with Crippen LogP contribution in [0.5, 0.6) is 0 Å². The van der Waals surface area contributed by atoms with Gasteiger partial charge in [-0.2, -0.15) is 0 Å². The first-order valence-corrected chi connectivity index (χ1v) is 11.1. The lowest BCUT2D eigenvalue weighted by Crippen LogP contribution is -2.51. The van der Waals surface area contributed by atoms with E-state index >= 15 is 0 Å². The van der Waals surface area contributed by atoms with Crippen LogP contribution in [0.15, 0.2) is 30.5 Å². The van der Waals surface area contributed by atoms with Gasteiger partial charge in [0, 0.05) is 54.8 Å². The largest absolute Gasteiger partial charge is 0.340 e. The van der Waals surface area contributed by atoms with Crippen molar-refractivity contribution in [1.82, 2.24) is 19.2 Å². The number of nitrogens with zero attached hydrogens (tertiary/aromatic N) is 4. The molecule has 2 aromatic heterocycles. The Kier molecular flexibility index (Phi) is 5.25. The standard InChI is InChI=1S/C23H30N4OS/c1-16-6-8-18(9-7-16)20-19(27-14-17(2)29-22(27)24-20)15-25-10-12-26(13-11-25)21(28)23(3,4)5/h6-9,14H,10-13,15H2,1-5H3. The van der Waals surface area contributed by atoms with E-state index in [0.29, 0.717) is 0 Å². The molecule has 1 aromatic carbocycles. The predicted molar refractivity (Wildman–Crippen MR) is 119 cm³/mol. The van der Waals surface area contributed by atoms with E-state index in [-0.39, 0.29) is 11.3 Å². The van der Waals surface area contributed by atoms with E-state index in [9.17, 15) is 4.79 Å². The maximum absolute atomic E-state index is 12.6. The molecule has 29 heavy (non-hydrogen) atoms. The van der Waals surface area contributed by atoms with Crippen molar-refractivity contribution in [2.24, 2.45) is 5.41 Å². The van der Waals surface area contributed by atoms with Crippen LogP contribution in [0, 0.1) is 19.3 Å². The third kappa shape index (κ3) is 4.09. The van der Waals surface area contributed by atoms with Crippen LogP contribution in [-0.4, -0.2) is 51.3 Å². The monoisotopic (exact) mass is 410 g/mol. The minimum atomic E-state index is -0.313. The summed E-state index contributed by atoms with van der Waals surface area (Å²) in [5.74, 6) is 0.248. The molecule has 0 N–H and O–H groups in total. The molecule has 1 fully saturated rings. The molecule has 0 aliphatic carbocycles. The number of carbonyl (C=O) groups excluding carboxylic acids is 1. The number of thiazole rings is 1. The van der Waals surface area contributed by atoms with Gasteiger partial charge < -0.3 is 4.90 Å². The minimum Gasteiger partial charge on any atom is -0.340 e. The van der Waals surface area contributed by atoms with Gasteiger partial charge >= 0.3 is 0 Å². The molecule has 0 radical (unpaired) electrons. The van der Waals surface area contributed by atoms with E-state index in [4.69, 9.17) is 4.98 Å². The van der Waals surface area contributed by atoms with Gasteiger partial charge in [-0.05, 0) is 13.8 Å². The zero-order chi connectivity index (χ0) is 20.8. The molecule has 0 unspecified atom stereocenters. The summed E-state index contributed by atoms with van der Waals surface area (Å²) in [6.07, 6.45) is 2.19. The van der Waals surface area contributed by atoms with Crippen LogP contribution in [0.1, 0.15) is 36.9 Å². The van der Waals surface area contributed by atoms with E-state index in [1.807, 2.05) is 25.7 Å². The first-order chi connectivity index (χ1) is 13.7. The number of hydrogen-bond acceptors (Lipinski definition) is 4. The number of fused-ring (bicyclic) bond motifs is 1. The van der Waals surface area contributed by atoms with Gasteiger partial charge in [0.15, 0.2) is 4.96 Å². The number of benzene rings is 1. The third-order valence-corrected chi connectivity index (χ3v) is 6.44. The summed E-state index contributed by atoms with van der Waals surface area (Å²) in [6, 6.07) is 8.62. The number of piperazine rings is 1. The smallest absolute Gasteiger partial charge is 0.228 e. The molecule has 0 bridgehead atoms. The van der Waals surface area contributed by atoms with Crippen LogP contribution in [-0.2, 0) is 11.3 Å². The van der Waals surface area contributed by atoms with E-state index < -0.39 is 0 Å². The van der Waals surface area contributed by atoms with Crippen molar-refractivity contribution in [3.63, 3.8) is 0 Å². The molecule has 3 aromatic rings. The minimum absolute atomic E-state index is 0.248. The molecule has 0 atom stereocenters. The van der Waals surface area contributed by atoms with Gasteiger partial charge in [0.25, 0.3) is 0 Å². The number of imidazole rings is 1. The SMILES string of the molecule is Cc1ccc(-c2nc3sc(C)cn3c2CN2CCN(C(=O)C(C)(C)C)CC2)cc1. The number of amides is 1. The number of rotatable bonds is 3. The van der Waals surface area contributed by atoms with E-state index in [1.165, 1.54) is 21.7 Å². The summed E-state index contributed by atoms with van der Waals surface area (Å²) < 4.78 is 2.25. The maximum atomic E-state index is 12.6. The lowest BCUT2D eigenvalue weighted by atomic mass is 9.94. The normalized spacial score (nSPS) is 16.0. The van der Waals surface area contributed by atoms with Crippen molar-refractivity contribution in [3.8, 4) is 11.3 Å². The first-order valence-electron chi connectivity index (χ1n) is 10.3. The van der Waals surface area contributed by atoms with Gasteiger partial charge in [0.05, 0.1) is 11.4 Å². The molecule has 5 nitrogen and oxygen atoms in total. The highest BCUT2D eigenvalue weighted by Gasteiger charge is 2.30. The second kappa shape index (κ2) is 7.58. The zero-order valence-corrected chi connectivity index (χ0v) is 18.8. The maximum Gasteiger partial charge on any atom is 0.228 e. The molecule has 4 rings (SSSR count). The van der Waals surface area contributed by atoms with Crippen LogP contribution in [0.4, 0.5) is 0 Å². The number of hydrogen-bond donors (Lipinski definition) is 0. The lowest BCUT2D eigenvalue weighted by molar-refractivity contribution is -0.141. The molecule has 6 heteroatoms. The Morgan fingerprint density at radius 1 is 1.07 bits per heavy atom. The van der Waals surface area contributed by atoms with E-state index in [2.05, 4.69) is 53.6 Å².